The summed E-state index contributed by atoms with van der Waals surface area (Å²) >= 11 is 0. The van der Waals surface area contributed by atoms with Crippen molar-refractivity contribution in [3.63, 3.8) is 0 Å². The quantitative estimate of drug-likeness (QED) is 0.605. The molecule has 8 nitrogen and oxygen atoms in total. The van der Waals surface area contributed by atoms with E-state index in [0.29, 0.717) is 0 Å². The molecule has 0 aliphatic rings. The molecule has 9 heteroatoms. The molecule has 0 spiro atoms. The first-order chi connectivity index (χ1) is 8.65. The molecule has 1 rings (SSSR count). The number of hydrogen-bond donors (Lipinski definition) is 2. The van der Waals surface area contributed by atoms with Crippen LogP contribution in [0.4, 0.5) is 5.69 Å². The van der Waals surface area contributed by atoms with E-state index in [1.54, 1.807) is 0 Å². The molecule has 0 radical (unpaired) electrons. The number of rotatable bonds is 5. The average Bonchev–Trinajstić information content (AvgIpc) is 2.27. The van der Waals surface area contributed by atoms with Crippen LogP contribution in [0, 0.1) is 17.0 Å². The molecular formula is C10H12N2O6S. The lowest BCUT2D eigenvalue weighted by Gasteiger charge is -2.10. The molecule has 0 heterocycles. The monoisotopic (exact) mass is 288 g/mol. The van der Waals surface area contributed by atoms with Crippen LogP contribution in [0.1, 0.15) is 12.5 Å². The summed E-state index contributed by atoms with van der Waals surface area (Å²) in [5, 5.41) is 19.3. The highest BCUT2D eigenvalue weighted by molar-refractivity contribution is 7.89. The number of nitro groups is 1. The number of carbonyl (C=O) groups is 1. The van der Waals surface area contributed by atoms with Gasteiger partial charge in [-0.15, -0.1) is 0 Å². The fraction of sp³-hybridized carbons (Fsp3) is 0.300. The summed E-state index contributed by atoms with van der Waals surface area (Å²) in [5.41, 5.74) is -0.0268. The van der Waals surface area contributed by atoms with E-state index in [4.69, 9.17) is 5.11 Å². The molecule has 0 saturated heterocycles. The summed E-state index contributed by atoms with van der Waals surface area (Å²) in [7, 11) is -4.02. The molecule has 19 heavy (non-hydrogen) atoms. The van der Waals surface area contributed by atoms with E-state index in [1.165, 1.54) is 13.8 Å². The number of nitro benzene ring substituents is 1. The fourth-order valence-electron chi connectivity index (χ4n) is 1.35. The number of nitrogens with zero attached hydrogens (tertiary/aromatic N) is 1. The van der Waals surface area contributed by atoms with E-state index in [-0.39, 0.29) is 16.1 Å². The van der Waals surface area contributed by atoms with Gasteiger partial charge in [0.25, 0.3) is 5.69 Å². The van der Waals surface area contributed by atoms with Crippen LogP contribution >= 0.6 is 0 Å². The Morgan fingerprint density at radius 3 is 2.47 bits per heavy atom. The van der Waals surface area contributed by atoms with Crippen LogP contribution in [0.15, 0.2) is 23.1 Å². The van der Waals surface area contributed by atoms with Gasteiger partial charge in [-0.1, -0.05) is 0 Å². The zero-order valence-electron chi connectivity index (χ0n) is 10.2. The summed E-state index contributed by atoms with van der Waals surface area (Å²) in [5.74, 6) is -1.32. The maximum atomic E-state index is 11.8. The molecule has 0 aromatic heterocycles. The van der Waals surface area contributed by atoms with E-state index in [1.807, 2.05) is 4.72 Å². The van der Waals surface area contributed by atoms with Crippen molar-refractivity contribution in [2.45, 2.75) is 24.8 Å². The van der Waals surface area contributed by atoms with Gasteiger partial charge in [-0.3, -0.25) is 14.9 Å². The van der Waals surface area contributed by atoms with Crippen LogP contribution in [-0.2, 0) is 14.8 Å². The van der Waals surface area contributed by atoms with E-state index in [9.17, 15) is 23.3 Å². The topological polar surface area (TPSA) is 127 Å². The van der Waals surface area contributed by atoms with Crippen molar-refractivity contribution in [3.8, 4) is 0 Å². The molecule has 1 atom stereocenters. The maximum Gasteiger partial charge on any atom is 0.321 e. The standard InChI is InChI=1S/C10H12N2O6S/c1-6-5-8(3-4-9(6)12(15)16)19(17,18)11-7(2)10(13)14/h3-5,7,11H,1-2H3,(H,13,14)/t7-/m0/s1. The van der Waals surface area contributed by atoms with Gasteiger partial charge in [-0.25, -0.2) is 8.42 Å². The van der Waals surface area contributed by atoms with Gasteiger partial charge in [0, 0.05) is 11.6 Å². The number of nitrogens with one attached hydrogen (secondary N) is 1. The SMILES string of the molecule is Cc1cc(S(=O)(=O)N[C@@H](C)C(=O)O)ccc1[N+](=O)[O-]. The molecule has 2 N–H and O–H groups in total. The normalized spacial score (nSPS) is 12.9. The van der Waals surface area contributed by atoms with Gasteiger partial charge in [-0.2, -0.15) is 4.72 Å². The Bertz CT molecular complexity index is 625. The maximum absolute atomic E-state index is 11.8. The Morgan fingerprint density at radius 2 is 2.05 bits per heavy atom. The zero-order chi connectivity index (χ0) is 14.8. The van der Waals surface area contributed by atoms with Gasteiger partial charge in [0.15, 0.2) is 0 Å². The van der Waals surface area contributed by atoms with Crippen LogP contribution in [0.5, 0.6) is 0 Å². The third kappa shape index (κ3) is 3.48. The molecule has 0 aliphatic heterocycles. The molecule has 104 valence electrons. The highest BCUT2D eigenvalue weighted by atomic mass is 32.2. The Kier molecular flexibility index (Phi) is 4.22. The second-order valence-electron chi connectivity index (χ2n) is 3.89. The van der Waals surface area contributed by atoms with Gasteiger partial charge in [0.2, 0.25) is 10.0 Å². The lowest BCUT2D eigenvalue weighted by molar-refractivity contribution is -0.385. The second-order valence-corrected chi connectivity index (χ2v) is 5.60. The van der Waals surface area contributed by atoms with Crippen molar-refractivity contribution in [1.29, 1.82) is 0 Å². The Morgan fingerprint density at radius 1 is 1.47 bits per heavy atom. The Hall–Kier alpha value is -2.00. The fourth-order valence-corrected chi connectivity index (χ4v) is 2.63. The number of sulfonamides is 1. The summed E-state index contributed by atoms with van der Waals surface area (Å²) in [6.07, 6.45) is 0. The van der Waals surface area contributed by atoms with E-state index < -0.39 is 27.0 Å². The Labute approximate surface area is 109 Å². The lowest BCUT2D eigenvalue weighted by Crippen LogP contribution is -2.38. The van der Waals surface area contributed by atoms with Gasteiger partial charge in [-0.05, 0) is 26.0 Å². The lowest BCUT2D eigenvalue weighted by atomic mass is 10.2. The summed E-state index contributed by atoms with van der Waals surface area (Å²) in [6, 6.07) is 1.95. The van der Waals surface area contributed by atoms with Crippen LogP contribution in [0.2, 0.25) is 0 Å². The molecule has 1 aromatic rings. The van der Waals surface area contributed by atoms with Gasteiger partial charge in [0.1, 0.15) is 6.04 Å². The molecule has 0 unspecified atom stereocenters. The van der Waals surface area contributed by atoms with Crippen molar-refractivity contribution in [1.82, 2.24) is 4.72 Å². The van der Waals surface area contributed by atoms with Crippen molar-refractivity contribution in [2.24, 2.45) is 0 Å². The highest BCUT2D eigenvalue weighted by Crippen LogP contribution is 2.21. The molecule has 1 aromatic carbocycles. The minimum atomic E-state index is -4.02. The molecule has 0 bridgehead atoms. The van der Waals surface area contributed by atoms with Crippen LogP contribution in [-0.4, -0.2) is 30.5 Å². The van der Waals surface area contributed by atoms with Gasteiger partial charge in [0.05, 0.1) is 9.82 Å². The summed E-state index contributed by atoms with van der Waals surface area (Å²) < 4.78 is 25.6. The predicted molar refractivity (Wildman–Crippen MR) is 65.3 cm³/mol. The minimum absolute atomic E-state index is 0.177. The van der Waals surface area contributed by atoms with E-state index >= 15 is 0 Å². The molecule has 0 aliphatic carbocycles. The largest absolute Gasteiger partial charge is 0.480 e. The first-order valence-electron chi connectivity index (χ1n) is 5.15. The van der Waals surface area contributed by atoms with Crippen molar-refractivity contribution in [2.75, 3.05) is 0 Å². The molecular weight excluding hydrogens is 276 g/mol. The van der Waals surface area contributed by atoms with Crippen molar-refractivity contribution < 1.29 is 23.2 Å². The number of aryl methyl sites for hydroxylation is 1. The Balaban J connectivity index is 3.13. The van der Waals surface area contributed by atoms with Crippen LogP contribution < -0.4 is 4.72 Å². The average molecular weight is 288 g/mol. The van der Waals surface area contributed by atoms with E-state index in [0.717, 1.165) is 18.2 Å². The number of benzene rings is 1. The number of hydrogen-bond acceptors (Lipinski definition) is 5. The smallest absolute Gasteiger partial charge is 0.321 e. The van der Waals surface area contributed by atoms with Gasteiger partial charge < -0.3 is 5.11 Å². The highest BCUT2D eigenvalue weighted by Gasteiger charge is 2.23. The summed E-state index contributed by atoms with van der Waals surface area (Å²) in [4.78, 5) is 20.4. The third-order valence-electron chi connectivity index (χ3n) is 2.38. The van der Waals surface area contributed by atoms with Gasteiger partial charge >= 0.3 is 5.97 Å². The first kappa shape index (κ1) is 15.1. The first-order valence-corrected chi connectivity index (χ1v) is 6.63. The van der Waals surface area contributed by atoms with E-state index in [2.05, 4.69) is 0 Å². The summed E-state index contributed by atoms with van der Waals surface area (Å²) in [6.45, 7) is 2.58. The zero-order valence-corrected chi connectivity index (χ0v) is 11.0. The molecule has 0 amide bonds. The number of carboxylic acid groups (broad SMARTS) is 1. The number of carboxylic acids is 1. The third-order valence-corrected chi connectivity index (χ3v) is 3.92. The minimum Gasteiger partial charge on any atom is -0.480 e. The molecule has 0 saturated carbocycles. The second kappa shape index (κ2) is 5.33. The molecule has 0 fully saturated rings. The predicted octanol–water partition coefficient (Wildman–Crippen LogP) is 0.655. The van der Waals surface area contributed by atoms with Crippen molar-refractivity contribution in [3.05, 3.63) is 33.9 Å². The van der Waals surface area contributed by atoms with Crippen LogP contribution in [0.25, 0.3) is 0 Å². The van der Waals surface area contributed by atoms with Crippen LogP contribution in [0.3, 0.4) is 0 Å². The number of aliphatic carboxylic acids is 1. The van der Waals surface area contributed by atoms with Crippen molar-refractivity contribution >= 4 is 21.7 Å².